The van der Waals surface area contributed by atoms with Crippen LogP contribution in [0.5, 0.6) is 5.75 Å². The molecule has 7 heteroatoms. The topological polar surface area (TPSA) is 59.9 Å². The number of hydrogen-bond acceptors (Lipinski definition) is 5. The fourth-order valence-corrected chi connectivity index (χ4v) is 4.70. The van der Waals surface area contributed by atoms with Crippen molar-refractivity contribution >= 4 is 11.6 Å². The molecule has 1 aliphatic rings. The van der Waals surface area contributed by atoms with Gasteiger partial charge in [-0.2, -0.15) is 0 Å². The standard InChI is InChI=1S/C28H33FN4O2/c1-4-31(5-2)28(35)21-6-9-24(10-7-21)33-14-12-32(13-15-33)20(3)26-11-8-22(17-27(26)29)23-16-25(34)19-30-18-23/h6-11,16-20,34H,4-5,12-15H2,1-3H3. The Morgan fingerprint density at radius 1 is 1.00 bits per heavy atom. The molecule has 1 saturated heterocycles. The summed E-state index contributed by atoms with van der Waals surface area (Å²) in [6.45, 7) is 10.7. The Hall–Kier alpha value is -3.45. The van der Waals surface area contributed by atoms with E-state index >= 15 is 4.39 Å². The number of pyridine rings is 1. The molecule has 4 rings (SSSR count). The van der Waals surface area contributed by atoms with Gasteiger partial charge in [-0.3, -0.25) is 14.7 Å². The van der Waals surface area contributed by atoms with Crippen molar-refractivity contribution in [3.63, 3.8) is 0 Å². The Balaban J connectivity index is 1.38. The molecule has 2 heterocycles. The van der Waals surface area contributed by atoms with Crippen molar-refractivity contribution in [2.75, 3.05) is 44.2 Å². The highest BCUT2D eigenvalue weighted by Crippen LogP contribution is 2.30. The van der Waals surface area contributed by atoms with Gasteiger partial charge in [0.1, 0.15) is 11.6 Å². The fourth-order valence-electron chi connectivity index (χ4n) is 4.70. The van der Waals surface area contributed by atoms with E-state index in [1.54, 1.807) is 12.3 Å². The van der Waals surface area contributed by atoms with E-state index in [9.17, 15) is 9.90 Å². The van der Waals surface area contributed by atoms with Gasteiger partial charge in [0, 0.05) is 73.9 Å². The Morgan fingerprint density at radius 3 is 2.29 bits per heavy atom. The minimum Gasteiger partial charge on any atom is -0.506 e. The fraction of sp³-hybridized carbons (Fsp3) is 0.357. The largest absolute Gasteiger partial charge is 0.506 e. The second-order valence-electron chi connectivity index (χ2n) is 8.89. The van der Waals surface area contributed by atoms with Crippen LogP contribution >= 0.6 is 0 Å². The van der Waals surface area contributed by atoms with Crippen molar-refractivity contribution in [3.05, 3.63) is 77.9 Å². The lowest BCUT2D eigenvalue weighted by molar-refractivity contribution is 0.0773. The molecule has 1 N–H and O–H groups in total. The third-order valence-corrected chi connectivity index (χ3v) is 6.90. The number of amides is 1. The molecule has 3 aromatic rings. The normalized spacial score (nSPS) is 15.1. The molecule has 0 saturated carbocycles. The van der Waals surface area contributed by atoms with Crippen LogP contribution in [0.2, 0.25) is 0 Å². The van der Waals surface area contributed by atoms with Crippen LogP contribution in [0.1, 0.15) is 42.7 Å². The molecule has 1 fully saturated rings. The molecular weight excluding hydrogens is 443 g/mol. The minimum absolute atomic E-state index is 0.0532. The van der Waals surface area contributed by atoms with E-state index in [4.69, 9.17) is 0 Å². The molecule has 2 aromatic carbocycles. The average molecular weight is 477 g/mol. The van der Waals surface area contributed by atoms with Gasteiger partial charge in [-0.15, -0.1) is 0 Å². The van der Waals surface area contributed by atoms with Crippen LogP contribution in [0.15, 0.2) is 60.9 Å². The molecule has 1 aromatic heterocycles. The number of carbonyl (C=O) groups is 1. The van der Waals surface area contributed by atoms with Crippen LogP contribution < -0.4 is 4.90 Å². The van der Waals surface area contributed by atoms with E-state index in [0.29, 0.717) is 35.3 Å². The zero-order valence-corrected chi connectivity index (χ0v) is 20.6. The summed E-state index contributed by atoms with van der Waals surface area (Å²) in [5.41, 5.74) is 3.85. The minimum atomic E-state index is -0.255. The van der Waals surface area contributed by atoms with E-state index in [2.05, 4.69) is 14.8 Å². The molecule has 6 nitrogen and oxygen atoms in total. The van der Waals surface area contributed by atoms with Crippen LogP contribution in [0.25, 0.3) is 11.1 Å². The Morgan fingerprint density at radius 2 is 1.69 bits per heavy atom. The van der Waals surface area contributed by atoms with Crippen molar-refractivity contribution in [3.8, 4) is 16.9 Å². The molecule has 1 unspecified atom stereocenters. The van der Waals surface area contributed by atoms with E-state index in [1.165, 1.54) is 12.3 Å². The van der Waals surface area contributed by atoms with Gasteiger partial charge >= 0.3 is 0 Å². The summed E-state index contributed by atoms with van der Waals surface area (Å²) in [5, 5.41) is 9.66. The third-order valence-electron chi connectivity index (χ3n) is 6.90. The molecule has 0 aliphatic carbocycles. The van der Waals surface area contributed by atoms with Gasteiger partial charge in [0.25, 0.3) is 5.91 Å². The maximum absolute atomic E-state index is 15.0. The van der Waals surface area contributed by atoms with Crippen LogP contribution in [0, 0.1) is 5.82 Å². The maximum Gasteiger partial charge on any atom is 0.253 e. The monoisotopic (exact) mass is 476 g/mol. The second kappa shape index (κ2) is 10.9. The van der Waals surface area contributed by atoms with Crippen LogP contribution in [-0.2, 0) is 0 Å². The number of hydrogen-bond donors (Lipinski definition) is 1. The molecule has 184 valence electrons. The zero-order chi connectivity index (χ0) is 24.9. The van der Waals surface area contributed by atoms with Crippen molar-refractivity contribution in [1.29, 1.82) is 0 Å². The maximum atomic E-state index is 15.0. The average Bonchev–Trinajstić information content (AvgIpc) is 2.89. The highest BCUT2D eigenvalue weighted by molar-refractivity contribution is 5.94. The summed E-state index contributed by atoms with van der Waals surface area (Å²) in [7, 11) is 0. The predicted octanol–water partition coefficient (Wildman–Crippen LogP) is 4.96. The predicted molar refractivity (Wildman–Crippen MR) is 137 cm³/mol. The molecule has 0 radical (unpaired) electrons. The highest BCUT2D eigenvalue weighted by atomic mass is 19.1. The molecule has 35 heavy (non-hydrogen) atoms. The number of piperazine rings is 1. The number of aromatic hydroxyl groups is 1. The number of halogens is 1. The van der Waals surface area contributed by atoms with Crippen molar-refractivity contribution in [2.45, 2.75) is 26.8 Å². The van der Waals surface area contributed by atoms with Gasteiger partial charge in [-0.1, -0.05) is 12.1 Å². The Labute approximate surface area is 206 Å². The number of aromatic nitrogens is 1. The molecule has 0 bridgehead atoms. The van der Waals surface area contributed by atoms with E-state index < -0.39 is 0 Å². The summed E-state index contributed by atoms with van der Waals surface area (Å²) in [6.07, 6.45) is 2.97. The van der Waals surface area contributed by atoms with Gasteiger partial charge in [-0.05, 0) is 62.7 Å². The number of nitrogens with zero attached hydrogens (tertiary/aromatic N) is 4. The van der Waals surface area contributed by atoms with Gasteiger partial charge in [-0.25, -0.2) is 4.39 Å². The summed E-state index contributed by atoms with van der Waals surface area (Å²) in [5.74, 6) is -0.133. The summed E-state index contributed by atoms with van der Waals surface area (Å²) in [4.78, 5) is 23.0. The summed E-state index contributed by atoms with van der Waals surface area (Å²) in [6, 6.07) is 14.6. The lowest BCUT2D eigenvalue weighted by atomic mass is 10.00. The van der Waals surface area contributed by atoms with E-state index in [-0.39, 0.29) is 23.5 Å². The molecule has 1 amide bonds. The van der Waals surface area contributed by atoms with Crippen LogP contribution in [-0.4, -0.2) is 65.1 Å². The third kappa shape index (κ3) is 5.46. The number of benzene rings is 2. The molecular formula is C28H33FN4O2. The summed E-state index contributed by atoms with van der Waals surface area (Å²) < 4.78 is 15.0. The van der Waals surface area contributed by atoms with Gasteiger partial charge in [0.2, 0.25) is 0 Å². The first-order valence-electron chi connectivity index (χ1n) is 12.2. The number of anilines is 1. The number of carbonyl (C=O) groups excluding carboxylic acids is 1. The van der Waals surface area contributed by atoms with Gasteiger partial charge in [0.15, 0.2) is 0 Å². The quantitative estimate of drug-likeness (QED) is 0.522. The first-order chi connectivity index (χ1) is 16.9. The molecule has 1 atom stereocenters. The second-order valence-corrected chi connectivity index (χ2v) is 8.89. The molecule has 0 spiro atoms. The van der Waals surface area contributed by atoms with Crippen LogP contribution in [0.3, 0.4) is 0 Å². The van der Waals surface area contributed by atoms with Crippen molar-refractivity contribution in [1.82, 2.24) is 14.8 Å². The van der Waals surface area contributed by atoms with Gasteiger partial charge < -0.3 is 14.9 Å². The lowest BCUT2D eigenvalue weighted by Crippen LogP contribution is -2.47. The zero-order valence-electron chi connectivity index (χ0n) is 20.6. The van der Waals surface area contributed by atoms with Crippen molar-refractivity contribution in [2.24, 2.45) is 0 Å². The van der Waals surface area contributed by atoms with Gasteiger partial charge in [0.05, 0.1) is 6.20 Å². The smallest absolute Gasteiger partial charge is 0.253 e. The first kappa shape index (κ1) is 24.7. The Kier molecular flexibility index (Phi) is 7.66. The number of rotatable bonds is 7. The van der Waals surface area contributed by atoms with E-state index in [1.807, 2.05) is 62.1 Å². The summed E-state index contributed by atoms with van der Waals surface area (Å²) >= 11 is 0. The highest BCUT2D eigenvalue weighted by Gasteiger charge is 2.24. The molecule has 1 aliphatic heterocycles. The Bertz CT molecular complexity index is 1160. The van der Waals surface area contributed by atoms with E-state index in [0.717, 1.165) is 31.9 Å². The SMILES string of the molecule is CCN(CC)C(=O)c1ccc(N2CCN(C(C)c3ccc(-c4cncc(O)c4)cc3F)CC2)cc1. The van der Waals surface area contributed by atoms with Crippen molar-refractivity contribution < 1.29 is 14.3 Å². The lowest BCUT2D eigenvalue weighted by Gasteiger charge is -2.39. The van der Waals surface area contributed by atoms with Crippen LogP contribution in [0.4, 0.5) is 10.1 Å². The first-order valence-corrected chi connectivity index (χ1v) is 12.2.